The number of hydrogen-bond acceptors (Lipinski definition) is 3. The highest BCUT2D eigenvalue weighted by atomic mass is 16.5. The molecule has 1 fully saturated rings. The molecule has 3 aromatic rings. The van der Waals surface area contributed by atoms with Gasteiger partial charge in [-0.1, -0.05) is 30.3 Å². The number of ether oxygens (including phenoxy) is 1. The highest BCUT2D eigenvalue weighted by Gasteiger charge is 2.34. The van der Waals surface area contributed by atoms with E-state index in [2.05, 4.69) is 10.3 Å². The third-order valence-corrected chi connectivity index (χ3v) is 5.01. The van der Waals surface area contributed by atoms with Gasteiger partial charge in [-0.05, 0) is 29.3 Å². The molecular formula is C21H21N3O3. The smallest absolute Gasteiger partial charge is 0.243 e. The Hall–Kier alpha value is -3.28. The predicted octanol–water partition coefficient (Wildman–Crippen LogP) is 2.25. The van der Waals surface area contributed by atoms with E-state index in [4.69, 9.17) is 4.74 Å². The van der Waals surface area contributed by atoms with Crippen LogP contribution in [0.25, 0.3) is 10.9 Å². The van der Waals surface area contributed by atoms with Crippen molar-refractivity contribution < 1.29 is 14.3 Å². The minimum atomic E-state index is -0.535. The Kier molecular flexibility index (Phi) is 4.54. The Balaban J connectivity index is 1.60. The van der Waals surface area contributed by atoms with Crippen molar-refractivity contribution in [2.45, 2.75) is 19.0 Å². The number of rotatable bonds is 5. The van der Waals surface area contributed by atoms with Crippen LogP contribution in [-0.4, -0.2) is 41.4 Å². The van der Waals surface area contributed by atoms with Gasteiger partial charge in [-0.15, -0.1) is 0 Å². The maximum Gasteiger partial charge on any atom is 0.243 e. The number of aromatic amines is 1. The van der Waals surface area contributed by atoms with Gasteiger partial charge in [-0.25, -0.2) is 0 Å². The molecule has 2 N–H and O–H groups in total. The molecular weight excluding hydrogens is 342 g/mol. The van der Waals surface area contributed by atoms with E-state index in [1.54, 1.807) is 12.0 Å². The molecule has 1 saturated heterocycles. The van der Waals surface area contributed by atoms with Gasteiger partial charge >= 0.3 is 0 Å². The number of benzene rings is 2. The quantitative estimate of drug-likeness (QED) is 0.730. The van der Waals surface area contributed by atoms with Crippen molar-refractivity contribution in [3.05, 3.63) is 65.9 Å². The van der Waals surface area contributed by atoms with Gasteiger partial charge in [0, 0.05) is 30.1 Å². The maximum absolute atomic E-state index is 12.6. The number of hydrogen-bond donors (Lipinski definition) is 2. The largest absolute Gasteiger partial charge is 0.497 e. The van der Waals surface area contributed by atoms with E-state index in [0.29, 0.717) is 13.0 Å². The summed E-state index contributed by atoms with van der Waals surface area (Å²) in [6.45, 7) is 0.433. The molecule has 2 heterocycles. The standard InChI is InChI=1S/C21H21N3O3/c1-27-16-8-6-14(7-9-16)13-24-19(21(26)23-12-20(24)25)10-15-11-22-18-5-3-2-4-17(15)18/h2-9,11,19,22H,10,12-13H2,1H3,(H,23,26)/t19-/m1/s1. The molecule has 1 atom stereocenters. The summed E-state index contributed by atoms with van der Waals surface area (Å²) >= 11 is 0. The molecule has 0 spiro atoms. The summed E-state index contributed by atoms with van der Waals surface area (Å²) in [5.74, 6) is 0.570. The van der Waals surface area contributed by atoms with Crippen molar-refractivity contribution in [3.8, 4) is 5.75 Å². The summed E-state index contributed by atoms with van der Waals surface area (Å²) in [5, 5.41) is 3.79. The van der Waals surface area contributed by atoms with Gasteiger partial charge in [0.1, 0.15) is 11.8 Å². The summed E-state index contributed by atoms with van der Waals surface area (Å²) in [5.41, 5.74) is 3.01. The summed E-state index contributed by atoms with van der Waals surface area (Å²) in [4.78, 5) is 30.0. The fraction of sp³-hybridized carbons (Fsp3) is 0.238. The summed E-state index contributed by atoms with van der Waals surface area (Å²) in [7, 11) is 1.62. The van der Waals surface area contributed by atoms with Crippen LogP contribution in [0, 0.1) is 0 Å². The lowest BCUT2D eigenvalue weighted by Gasteiger charge is -2.35. The molecule has 138 valence electrons. The van der Waals surface area contributed by atoms with Gasteiger partial charge < -0.3 is 19.9 Å². The maximum atomic E-state index is 12.6. The zero-order valence-corrected chi connectivity index (χ0v) is 15.1. The van der Waals surface area contributed by atoms with Gasteiger partial charge in [0.25, 0.3) is 0 Å². The lowest BCUT2D eigenvalue weighted by molar-refractivity contribution is -0.146. The van der Waals surface area contributed by atoms with E-state index in [-0.39, 0.29) is 18.4 Å². The Morgan fingerprint density at radius 3 is 2.67 bits per heavy atom. The molecule has 0 aliphatic carbocycles. The van der Waals surface area contributed by atoms with Crippen molar-refractivity contribution in [1.29, 1.82) is 0 Å². The first-order chi connectivity index (χ1) is 13.2. The SMILES string of the molecule is COc1ccc(CN2C(=O)CNC(=O)[C@H]2Cc2c[nH]c3ccccc23)cc1. The predicted molar refractivity (Wildman–Crippen MR) is 102 cm³/mol. The minimum Gasteiger partial charge on any atom is -0.497 e. The van der Waals surface area contributed by atoms with Crippen molar-refractivity contribution in [2.75, 3.05) is 13.7 Å². The highest BCUT2D eigenvalue weighted by molar-refractivity contribution is 5.95. The second kappa shape index (κ2) is 7.15. The van der Waals surface area contributed by atoms with E-state index in [9.17, 15) is 9.59 Å². The van der Waals surface area contributed by atoms with Crippen LogP contribution in [0.1, 0.15) is 11.1 Å². The Bertz CT molecular complexity index is 978. The van der Waals surface area contributed by atoms with Crippen LogP contribution < -0.4 is 10.1 Å². The fourth-order valence-corrected chi connectivity index (χ4v) is 3.54. The van der Waals surface area contributed by atoms with E-state index in [1.165, 1.54) is 0 Å². The van der Waals surface area contributed by atoms with E-state index in [1.807, 2.05) is 54.7 Å². The second-order valence-corrected chi connectivity index (χ2v) is 6.67. The zero-order chi connectivity index (χ0) is 18.8. The lowest BCUT2D eigenvalue weighted by Crippen LogP contribution is -2.58. The van der Waals surface area contributed by atoms with Gasteiger partial charge in [-0.3, -0.25) is 9.59 Å². The van der Waals surface area contributed by atoms with Crippen LogP contribution in [0.4, 0.5) is 0 Å². The van der Waals surface area contributed by atoms with Crippen LogP contribution in [-0.2, 0) is 22.6 Å². The molecule has 1 aromatic heterocycles. The summed E-state index contributed by atoms with van der Waals surface area (Å²) in [6.07, 6.45) is 2.39. The molecule has 0 saturated carbocycles. The number of nitrogens with zero attached hydrogens (tertiary/aromatic N) is 1. The third-order valence-electron chi connectivity index (χ3n) is 5.01. The third kappa shape index (κ3) is 3.38. The Labute approximate surface area is 157 Å². The number of fused-ring (bicyclic) bond motifs is 1. The van der Waals surface area contributed by atoms with E-state index in [0.717, 1.165) is 27.8 Å². The van der Waals surface area contributed by atoms with Crippen LogP contribution in [0.2, 0.25) is 0 Å². The van der Waals surface area contributed by atoms with Crippen molar-refractivity contribution >= 4 is 22.7 Å². The molecule has 1 aliphatic heterocycles. The number of methoxy groups -OCH3 is 1. The number of amides is 2. The molecule has 2 amide bonds. The summed E-state index contributed by atoms with van der Waals surface area (Å²) in [6, 6.07) is 15.0. The number of carbonyl (C=O) groups excluding carboxylic acids is 2. The van der Waals surface area contributed by atoms with E-state index < -0.39 is 6.04 Å². The second-order valence-electron chi connectivity index (χ2n) is 6.67. The molecule has 1 aliphatic rings. The highest BCUT2D eigenvalue weighted by Crippen LogP contribution is 2.23. The van der Waals surface area contributed by atoms with Crippen LogP contribution in [0.3, 0.4) is 0 Å². The average Bonchev–Trinajstić information content (AvgIpc) is 3.11. The van der Waals surface area contributed by atoms with Gasteiger partial charge in [-0.2, -0.15) is 0 Å². The molecule has 0 radical (unpaired) electrons. The van der Waals surface area contributed by atoms with Crippen molar-refractivity contribution in [1.82, 2.24) is 15.2 Å². The number of nitrogens with one attached hydrogen (secondary N) is 2. The number of H-pyrrole nitrogens is 1. The molecule has 4 rings (SSSR count). The number of piperazine rings is 1. The molecule has 0 unspecified atom stereocenters. The van der Waals surface area contributed by atoms with Gasteiger partial charge in [0.05, 0.1) is 13.7 Å². The first kappa shape index (κ1) is 17.1. The number of para-hydroxylation sites is 1. The molecule has 0 bridgehead atoms. The average molecular weight is 363 g/mol. The first-order valence-electron chi connectivity index (χ1n) is 8.91. The number of aromatic nitrogens is 1. The fourth-order valence-electron chi connectivity index (χ4n) is 3.54. The van der Waals surface area contributed by atoms with Crippen LogP contribution in [0.5, 0.6) is 5.75 Å². The lowest BCUT2D eigenvalue weighted by atomic mass is 10.0. The topological polar surface area (TPSA) is 74.4 Å². The summed E-state index contributed by atoms with van der Waals surface area (Å²) < 4.78 is 5.18. The van der Waals surface area contributed by atoms with Crippen LogP contribution in [0.15, 0.2) is 54.7 Å². The molecule has 2 aromatic carbocycles. The van der Waals surface area contributed by atoms with Crippen molar-refractivity contribution in [2.24, 2.45) is 0 Å². The Morgan fingerprint density at radius 1 is 1.11 bits per heavy atom. The monoisotopic (exact) mass is 363 g/mol. The normalized spacial score (nSPS) is 17.2. The van der Waals surface area contributed by atoms with Gasteiger partial charge in [0.15, 0.2) is 0 Å². The van der Waals surface area contributed by atoms with Crippen molar-refractivity contribution in [3.63, 3.8) is 0 Å². The van der Waals surface area contributed by atoms with Gasteiger partial charge in [0.2, 0.25) is 11.8 Å². The molecule has 6 nitrogen and oxygen atoms in total. The molecule has 27 heavy (non-hydrogen) atoms. The number of carbonyl (C=O) groups is 2. The Morgan fingerprint density at radius 2 is 1.89 bits per heavy atom. The van der Waals surface area contributed by atoms with Crippen LogP contribution >= 0.6 is 0 Å². The minimum absolute atomic E-state index is 0.0410. The zero-order valence-electron chi connectivity index (χ0n) is 15.1. The first-order valence-corrected chi connectivity index (χ1v) is 8.91. The molecule has 6 heteroatoms. The van der Waals surface area contributed by atoms with E-state index >= 15 is 0 Å².